The molecule has 0 aromatic heterocycles. The van der Waals surface area contributed by atoms with E-state index < -0.39 is 18.3 Å². The van der Waals surface area contributed by atoms with Crippen LogP contribution in [0.25, 0.3) is 0 Å². The van der Waals surface area contributed by atoms with Crippen molar-refractivity contribution >= 4 is 0 Å². The summed E-state index contributed by atoms with van der Waals surface area (Å²) >= 11 is 0. The Hall–Kier alpha value is -0.330. The Kier molecular flexibility index (Phi) is 6.28. The van der Waals surface area contributed by atoms with Gasteiger partial charge < -0.3 is 10.4 Å². The maximum absolute atomic E-state index is 12.6. The number of halogens is 3. The molecule has 1 aliphatic rings. The molecule has 120 valence electrons. The van der Waals surface area contributed by atoms with E-state index in [0.717, 1.165) is 12.8 Å². The first-order valence-corrected chi connectivity index (χ1v) is 7.38. The zero-order chi connectivity index (χ0) is 15.4. The highest BCUT2D eigenvalue weighted by Crippen LogP contribution is 2.26. The first-order chi connectivity index (χ1) is 9.19. The Bertz CT molecular complexity index is 295. The second-order valence-corrected chi connectivity index (χ2v) is 6.28. The summed E-state index contributed by atoms with van der Waals surface area (Å²) < 4.78 is 37.9. The van der Waals surface area contributed by atoms with Crippen molar-refractivity contribution in [3.8, 4) is 0 Å². The first-order valence-electron chi connectivity index (χ1n) is 7.38. The minimum absolute atomic E-state index is 0.0557. The third-order valence-corrected chi connectivity index (χ3v) is 3.74. The van der Waals surface area contributed by atoms with Crippen molar-refractivity contribution in [2.75, 3.05) is 19.7 Å². The number of rotatable bonds is 9. The van der Waals surface area contributed by atoms with E-state index in [1.807, 2.05) is 20.8 Å². The molecule has 2 unspecified atom stereocenters. The molecule has 0 aliphatic heterocycles. The molecule has 0 spiro atoms. The number of aliphatic hydroxyl groups excluding tert-OH is 1. The fraction of sp³-hybridized carbons (Fsp3) is 1.00. The normalized spacial score (nSPS) is 21.0. The van der Waals surface area contributed by atoms with Gasteiger partial charge in [0.15, 0.2) is 0 Å². The van der Waals surface area contributed by atoms with Crippen molar-refractivity contribution in [3.05, 3.63) is 0 Å². The minimum atomic E-state index is -4.18. The number of nitrogens with zero attached hydrogens (tertiary/aromatic N) is 1. The van der Waals surface area contributed by atoms with Crippen LogP contribution < -0.4 is 5.32 Å². The molecular formula is C14H27F3N2O. The van der Waals surface area contributed by atoms with Gasteiger partial charge in [-0.2, -0.15) is 13.2 Å². The van der Waals surface area contributed by atoms with Crippen LogP contribution in [0.1, 0.15) is 46.5 Å². The average Bonchev–Trinajstić information content (AvgIpc) is 3.10. The van der Waals surface area contributed by atoms with Crippen LogP contribution in [0, 0.1) is 0 Å². The number of hydrogen-bond donors (Lipinski definition) is 2. The Balaban J connectivity index is 2.59. The third kappa shape index (κ3) is 6.41. The van der Waals surface area contributed by atoms with Crippen LogP contribution in [-0.2, 0) is 0 Å². The molecule has 1 rings (SSSR count). The van der Waals surface area contributed by atoms with E-state index in [-0.39, 0.29) is 12.6 Å². The summed E-state index contributed by atoms with van der Waals surface area (Å²) in [5, 5.41) is 12.9. The van der Waals surface area contributed by atoms with Crippen molar-refractivity contribution in [2.24, 2.45) is 0 Å². The molecule has 0 amide bonds. The van der Waals surface area contributed by atoms with Crippen LogP contribution in [0.2, 0.25) is 0 Å². The Morgan fingerprint density at radius 1 is 1.35 bits per heavy atom. The molecule has 2 atom stereocenters. The summed E-state index contributed by atoms with van der Waals surface area (Å²) in [6.45, 7) is 5.06. The molecular weight excluding hydrogens is 269 g/mol. The second-order valence-electron chi connectivity index (χ2n) is 6.28. The van der Waals surface area contributed by atoms with Gasteiger partial charge in [0.05, 0.1) is 13.2 Å². The van der Waals surface area contributed by atoms with E-state index in [1.54, 1.807) is 0 Å². The van der Waals surface area contributed by atoms with Gasteiger partial charge in [-0.3, -0.25) is 4.90 Å². The molecule has 6 heteroatoms. The smallest absolute Gasteiger partial charge is 0.394 e. The van der Waals surface area contributed by atoms with Crippen LogP contribution in [-0.4, -0.2) is 53.5 Å². The SMILES string of the molecule is CCCN(CC(F)(F)F)C(C)CC(C)(CO)NC1CC1. The van der Waals surface area contributed by atoms with Crippen molar-refractivity contribution in [2.45, 2.75) is 70.3 Å². The van der Waals surface area contributed by atoms with Crippen molar-refractivity contribution in [1.82, 2.24) is 10.2 Å². The fourth-order valence-electron chi connectivity index (χ4n) is 2.64. The lowest BCUT2D eigenvalue weighted by atomic mass is 9.93. The molecule has 3 nitrogen and oxygen atoms in total. The zero-order valence-electron chi connectivity index (χ0n) is 12.6. The summed E-state index contributed by atoms with van der Waals surface area (Å²) in [7, 11) is 0. The molecule has 0 saturated heterocycles. The topological polar surface area (TPSA) is 35.5 Å². The van der Waals surface area contributed by atoms with Gasteiger partial charge in [-0.1, -0.05) is 6.92 Å². The quantitative estimate of drug-likeness (QED) is 0.686. The van der Waals surface area contributed by atoms with E-state index >= 15 is 0 Å². The molecule has 0 bridgehead atoms. The Morgan fingerprint density at radius 3 is 2.35 bits per heavy atom. The van der Waals surface area contributed by atoms with Gasteiger partial charge in [0.1, 0.15) is 0 Å². The third-order valence-electron chi connectivity index (χ3n) is 3.74. The average molecular weight is 296 g/mol. The number of hydrogen-bond acceptors (Lipinski definition) is 3. The van der Waals surface area contributed by atoms with E-state index in [9.17, 15) is 18.3 Å². The molecule has 1 saturated carbocycles. The van der Waals surface area contributed by atoms with Gasteiger partial charge in [-0.05, 0) is 46.1 Å². The maximum atomic E-state index is 12.6. The largest absolute Gasteiger partial charge is 0.401 e. The van der Waals surface area contributed by atoms with Gasteiger partial charge in [0.2, 0.25) is 0 Å². The van der Waals surface area contributed by atoms with Crippen LogP contribution in [0.15, 0.2) is 0 Å². The number of nitrogens with one attached hydrogen (secondary N) is 1. The summed E-state index contributed by atoms with van der Waals surface area (Å²) in [5.41, 5.74) is -0.502. The van der Waals surface area contributed by atoms with E-state index in [2.05, 4.69) is 5.32 Å². The lowest BCUT2D eigenvalue weighted by Gasteiger charge is -2.37. The van der Waals surface area contributed by atoms with Crippen LogP contribution >= 0.6 is 0 Å². The fourth-order valence-corrected chi connectivity index (χ4v) is 2.64. The standard InChI is InChI=1S/C14H27F3N2O/c1-4-7-19(9-14(15,16)17)11(2)8-13(3,10-20)18-12-5-6-12/h11-12,18,20H,4-10H2,1-3H3. The molecule has 0 heterocycles. The Labute approximate surface area is 119 Å². The lowest BCUT2D eigenvalue weighted by molar-refractivity contribution is -0.151. The predicted octanol–water partition coefficient (Wildman–Crippen LogP) is 2.54. The highest BCUT2D eigenvalue weighted by Gasteiger charge is 2.37. The van der Waals surface area contributed by atoms with Crippen LogP contribution in [0.5, 0.6) is 0 Å². The minimum Gasteiger partial charge on any atom is -0.394 e. The molecule has 1 aliphatic carbocycles. The van der Waals surface area contributed by atoms with Crippen LogP contribution in [0.4, 0.5) is 13.2 Å². The molecule has 0 radical (unpaired) electrons. The molecule has 2 N–H and O–H groups in total. The summed E-state index contributed by atoms with van der Waals surface area (Å²) in [6, 6.07) is 0.196. The highest BCUT2D eigenvalue weighted by atomic mass is 19.4. The molecule has 0 aromatic rings. The maximum Gasteiger partial charge on any atom is 0.401 e. The van der Waals surface area contributed by atoms with Gasteiger partial charge in [0, 0.05) is 17.6 Å². The van der Waals surface area contributed by atoms with Gasteiger partial charge in [-0.15, -0.1) is 0 Å². The molecule has 20 heavy (non-hydrogen) atoms. The summed E-state index contributed by atoms with van der Waals surface area (Å²) in [5.74, 6) is 0. The van der Waals surface area contributed by atoms with Gasteiger partial charge in [-0.25, -0.2) is 0 Å². The van der Waals surface area contributed by atoms with Crippen molar-refractivity contribution < 1.29 is 18.3 Å². The van der Waals surface area contributed by atoms with Gasteiger partial charge in [0.25, 0.3) is 0 Å². The highest BCUT2D eigenvalue weighted by molar-refractivity contribution is 4.94. The van der Waals surface area contributed by atoms with E-state index in [0.29, 0.717) is 25.4 Å². The number of alkyl halides is 3. The van der Waals surface area contributed by atoms with E-state index in [1.165, 1.54) is 4.90 Å². The first kappa shape index (κ1) is 17.7. The lowest BCUT2D eigenvalue weighted by Crippen LogP contribution is -2.52. The second kappa shape index (κ2) is 7.09. The van der Waals surface area contributed by atoms with Crippen molar-refractivity contribution in [3.63, 3.8) is 0 Å². The summed E-state index contributed by atoms with van der Waals surface area (Å²) in [6.07, 6.45) is -0.804. The Morgan fingerprint density at radius 2 is 1.95 bits per heavy atom. The molecule has 0 aromatic carbocycles. The number of aliphatic hydroxyl groups is 1. The van der Waals surface area contributed by atoms with Gasteiger partial charge >= 0.3 is 6.18 Å². The monoisotopic (exact) mass is 296 g/mol. The molecule has 1 fully saturated rings. The van der Waals surface area contributed by atoms with E-state index in [4.69, 9.17) is 0 Å². The zero-order valence-corrected chi connectivity index (χ0v) is 12.6. The summed E-state index contributed by atoms with van der Waals surface area (Å²) in [4.78, 5) is 1.46. The predicted molar refractivity (Wildman–Crippen MR) is 73.6 cm³/mol. The van der Waals surface area contributed by atoms with Crippen LogP contribution in [0.3, 0.4) is 0 Å². The van der Waals surface area contributed by atoms with Crippen molar-refractivity contribution in [1.29, 1.82) is 0 Å².